The summed E-state index contributed by atoms with van der Waals surface area (Å²) in [5.74, 6) is -1.56. The quantitative estimate of drug-likeness (QED) is 0.680. The second kappa shape index (κ2) is 5.38. The molecular weight excluding hydrogens is 299 g/mol. The van der Waals surface area contributed by atoms with Crippen molar-refractivity contribution in [2.75, 3.05) is 0 Å². The molecule has 1 aliphatic carbocycles. The van der Waals surface area contributed by atoms with E-state index in [-0.39, 0.29) is 17.5 Å². The van der Waals surface area contributed by atoms with E-state index in [4.69, 9.17) is 0 Å². The van der Waals surface area contributed by atoms with Gasteiger partial charge in [0.05, 0.1) is 5.56 Å². The summed E-state index contributed by atoms with van der Waals surface area (Å²) in [6.45, 7) is 0. The van der Waals surface area contributed by atoms with Crippen LogP contribution in [0, 0.1) is 11.6 Å². The molecule has 0 unspecified atom stereocenters. The molecule has 0 aliphatic heterocycles. The number of fused-ring (bicyclic) bond motifs is 1. The smallest absolute Gasteiger partial charge is 0.207 e. The van der Waals surface area contributed by atoms with Gasteiger partial charge >= 0.3 is 6.18 Å². The van der Waals surface area contributed by atoms with E-state index in [0.29, 0.717) is 18.1 Å². The average Bonchev–Trinajstić information content (AvgIpc) is 2.89. The van der Waals surface area contributed by atoms with Crippen LogP contribution < -0.4 is 0 Å². The Kier molecular flexibility index (Phi) is 3.67. The lowest BCUT2D eigenvalue weighted by Crippen LogP contribution is -2.12. The second-order valence-electron chi connectivity index (χ2n) is 5.49. The zero-order chi connectivity index (χ0) is 15.9. The Morgan fingerprint density at radius 3 is 2.41 bits per heavy atom. The molecule has 0 N–H and O–H groups in total. The van der Waals surface area contributed by atoms with Crippen molar-refractivity contribution in [2.45, 2.75) is 31.9 Å². The van der Waals surface area contributed by atoms with Gasteiger partial charge in [0.2, 0.25) is 0 Å². The van der Waals surface area contributed by atoms with E-state index < -0.39 is 23.4 Å². The summed E-state index contributed by atoms with van der Waals surface area (Å²) in [6, 6.07) is 5.55. The molecule has 116 valence electrons. The molecule has 0 radical (unpaired) electrons. The number of rotatable bonds is 2. The molecule has 5 heteroatoms. The lowest BCUT2D eigenvalue weighted by molar-refractivity contribution is -0.138. The molecule has 22 heavy (non-hydrogen) atoms. The zero-order valence-electron chi connectivity index (χ0n) is 11.6. The van der Waals surface area contributed by atoms with Crippen molar-refractivity contribution in [1.82, 2.24) is 0 Å². The Labute approximate surface area is 124 Å². The maximum Gasteiger partial charge on any atom is 0.416 e. The van der Waals surface area contributed by atoms with Gasteiger partial charge in [0, 0.05) is 12.5 Å². The summed E-state index contributed by atoms with van der Waals surface area (Å²) in [5.41, 5.74) is 1.03. The number of hydrogen-bond donors (Lipinski definition) is 0. The molecule has 0 saturated heterocycles. The highest BCUT2D eigenvalue weighted by atomic mass is 19.4. The van der Waals surface area contributed by atoms with Gasteiger partial charge in [0.1, 0.15) is 11.6 Å². The topological polar surface area (TPSA) is 0 Å². The fraction of sp³-hybridized carbons (Fsp3) is 0.294. The Morgan fingerprint density at radius 2 is 1.73 bits per heavy atom. The van der Waals surface area contributed by atoms with Crippen LogP contribution in [-0.4, -0.2) is 0 Å². The van der Waals surface area contributed by atoms with Crippen LogP contribution in [0.5, 0.6) is 0 Å². The molecule has 2 aromatic rings. The summed E-state index contributed by atoms with van der Waals surface area (Å²) in [7, 11) is 0. The minimum absolute atomic E-state index is 0.0761. The maximum atomic E-state index is 13.8. The summed E-state index contributed by atoms with van der Waals surface area (Å²) < 4.78 is 66.4. The monoisotopic (exact) mass is 312 g/mol. The van der Waals surface area contributed by atoms with Gasteiger partial charge in [0.15, 0.2) is 0 Å². The van der Waals surface area contributed by atoms with Crippen LogP contribution in [-0.2, 0) is 25.4 Å². The molecule has 0 aromatic heterocycles. The van der Waals surface area contributed by atoms with Crippen LogP contribution >= 0.6 is 0 Å². The van der Waals surface area contributed by atoms with Crippen LogP contribution in [0.3, 0.4) is 0 Å². The van der Waals surface area contributed by atoms with Crippen LogP contribution in [0.1, 0.15) is 34.2 Å². The highest BCUT2D eigenvalue weighted by molar-refractivity contribution is 5.47. The Hall–Kier alpha value is -1.91. The lowest BCUT2D eigenvalue weighted by Gasteiger charge is -2.17. The second-order valence-corrected chi connectivity index (χ2v) is 5.49. The van der Waals surface area contributed by atoms with Gasteiger partial charge in [-0.1, -0.05) is 12.1 Å². The third-order valence-corrected chi connectivity index (χ3v) is 4.09. The first-order chi connectivity index (χ1) is 10.4. The summed E-state index contributed by atoms with van der Waals surface area (Å²) in [5, 5.41) is 0. The predicted molar refractivity (Wildman–Crippen MR) is 72.6 cm³/mol. The average molecular weight is 312 g/mol. The van der Waals surface area contributed by atoms with Crippen molar-refractivity contribution >= 4 is 0 Å². The number of hydrogen-bond acceptors (Lipinski definition) is 0. The van der Waals surface area contributed by atoms with E-state index in [0.717, 1.165) is 30.5 Å². The van der Waals surface area contributed by atoms with E-state index in [2.05, 4.69) is 0 Å². The van der Waals surface area contributed by atoms with Crippen molar-refractivity contribution in [3.05, 3.63) is 69.8 Å². The Bertz CT molecular complexity index is 716. The fourth-order valence-corrected chi connectivity index (χ4v) is 3.07. The van der Waals surface area contributed by atoms with Crippen LogP contribution in [0.15, 0.2) is 30.3 Å². The lowest BCUT2D eigenvalue weighted by atomic mass is 9.92. The van der Waals surface area contributed by atoms with Gasteiger partial charge < -0.3 is 0 Å². The highest BCUT2D eigenvalue weighted by Gasteiger charge is 2.35. The molecule has 0 spiro atoms. The minimum atomic E-state index is -4.48. The first-order valence-electron chi connectivity index (χ1n) is 7.01. The van der Waals surface area contributed by atoms with Crippen LogP contribution in [0.4, 0.5) is 22.0 Å². The van der Waals surface area contributed by atoms with E-state index in [1.54, 1.807) is 0 Å². The van der Waals surface area contributed by atoms with Crippen LogP contribution in [0.2, 0.25) is 0 Å². The normalized spacial score (nSPS) is 14.2. The first kappa shape index (κ1) is 15.0. The van der Waals surface area contributed by atoms with Crippen molar-refractivity contribution < 1.29 is 22.0 Å². The molecule has 0 saturated carbocycles. The number of aryl methyl sites for hydroxylation is 1. The summed E-state index contributed by atoms with van der Waals surface area (Å²) in [4.78, 5) is 0. The Morgan fingerprint density at radius 1 is 0.955 bits per heavy atom. The molecular formula is C17H13F5. The van der Waals surface area contributed by atoms with E-state index in [1.807, 2.05) is 0 Å². The minimum Gasteiger partial charge on any atom is -0.207 e. The van der Waals surface area contributed by atoms with E-state index in [1.165, 1.54) is 12.1 Å². The number of benzene rings is 2. The first-order valence-corrected chi connectivity index (χ1v) is 7.01. The van der Waals surface area contributed by atoms with E-state index >= 15 is 0 Å². The molecule has 0 atom stereocenters. The van der Waals surface area contributed by atoms with Crippen molar-refractivity contribution in [2.24, 2.45) is 0 Å². The van der Waals surface area contributed by atoms with Gasteiger partial charge in [-0.15, -0.1) is 0 Å². The van der Waals surface area contributed by atoms with E-state index in [9.17, 15) is 22.0 Å². The summed E-state index contributed by atoms with van der Waals surface area (Å²) in [6.07, 6.45) is -2.55. The van der Waals surface area contributed by atoms with Crippen LogP contribution in [0.25, 0.3) is 0 Å². The fourth-order valence-electron chi connectivity index (χ4n) is 3.07. The third kappa shape index (κ3) is 2.72. The molecule has 0 heterocycles. The molecule has 0 nitrogen and oxygen atoms in total. The number of halogens is 5. The highest BCUT2D eigenvalue weighted by Crippen LogP contribution is 2.38. The van der Waals surface area contributed by atoms with Crippen molar-refractivity contribution in [3.63, 3.8) is 0 Å². The standard InChI is InChI=1S/C17H13F5/c18-12-6-4-11(16(19)9-12)8-14-13-3-1-2-10(13)5-7-15(14)17(20,21)22/h4-7,9H,1-3,8H2. The molecule has 3 rings (SSSR count). The van der Waals surface area contributed by atoms with Gasteiger partial charge in [0.25, 0.3) is 0 Å². The zero-order valence-corrected chi connectivity index (χ0v) is 11.6. The van der Waals surface area contributed by atoms with Gasteiger partial charge in [-0.05, 0) is 53.6 Å². The van der Waals surface area contributed by atoms with Gasteiger partial charge in [-0.2, -0.15) is 13.2 Å². The Balaban J connectivity index is 2.10. The van der Waals surface area contributed by atoms with Gasteiger partial charge in [-0.3, -0.25) is 0 Å². The van der Waals surface area contributed by atoms with Crippen molar-refractivity contribution in [1.29, 1.82) is 0 Å². The molecule has 0 amide bonds. The molecule has 2 aromatic carbocycles. The number of alkyl halides is 3. The molecule has 0 bridgehead atoms. The SMILES string of the molecule is Fc1ccc(Cc2c(C(F)(F)F)ccc3c2CCC3)c(F)c1. The molecule has 1 aliphatic rings. The third-order valence-electron chi connectivity index (χ3n) is 4.09. The summed E-state index contributed by atoms with van der Waals surface area (Å²) >= 11 is 0. The maximum absolute atomic E-state index is 13.8. The van der Waals surface area contributed by atoms with Crippen molar-refractivity contribution in [3.8, 4) is 0 Å². The largest absolute Gasteiger partial charge is 0.416 e. The molecule has 0 fully saturated rings. The van der Waals surface area contributed by atoms with Gasteiger partial charge in [-0.25, -0.2) is 8.78 Å². The predicted octanol–water partition coefficient (Wildman–Crippen LogP) is 5.06.